The number of hydrogen-bond donors (Lipinski definition) is 1. The van der Waals surface area contributed by atoms with Gasteiger partial charge in [0.2, 0.25) is 0 Å². The molecule has 1 aromatic heterocycles. The van der Waals surface area contributed by atoms with Crippen molar-refractivity contribution in [2.75, 3.05) is 0 Å². The highest BCUT2D eigenvalue weighted by Crippen LogP contribution is 2.28. The summed E-state index contributed by atoms with van der Waals surface area (Å²) in [6, 6.07) is 9.38. The molecule has 1 fully saturated rings. The fourth-order valence-corrected chi connectivity index (χ4v) is 4.20. The van der Waals surface area contributed by atoms with Gasteiger partial charge in [-0.05, 0) is 48.1 Å². The number of rotatable bonds is 4. The van der Waals surface area contributed by atoms with Crippen LogP contribution in [0.2, 0.25) is 0 Å². The highest BCUT2D eigenvalue weighted by Gasteiger charge is 2.19. The van der Waals surface area contributed by atoms with Gasteiger partial charge in [0.15, 0.2) is 0 Å². The van der Waals surface area contributed by atoms with E-state index in [9.17, 15) is 0 Å². The van der Waals surface area contributed by atoms with Crippen molar-refractivity contribution in [3.05, 3.63) is 35.2 Å². The van der Waals surface area contributed by atoms with Crippen LogP contribution in [0.5, 0.6) is 0 Å². The number of fused-ring (bicyclic) bond motifs is 1. The third kappa shape index (κ3) is 3.01. The van der Waals surface area contributed by atoms with Crippen molar-refractivity contribution in [2.45, 2.75) is 51.6 Å². The molecule has 2 heteroatoms. The number of benzene rings is 1. The molecular formula is C17H23NS. The molecule has 1 N–H and O–H groups in total. The quantitative estimate of drug-likeness (QED) is 0.830. The van der Waals surface area contributed by atoms with Crippen LogP contribution in [0.15, 0.2) is 29.6 Å². The molecule has 1 aliphatic carbocycles. The largest absolute Gasteiger partial charge is 0.310 e. The van der Waals surface area contributed by atoms with Crippen LogP contribution in [0.25, 0.3) is 10.1 Å². The maximum atomic E-state index is 3.75. The molecular weight excluding hydrogens is 250 g/mol. The van der Waals surface area contributed by atoms with Crippen LogP contribution in [0.4, 0.5) is 0 Å². The summed E-state index contributed by atoms with van der Waals surface area (Å²) in [5.74, 6) is 0.888. The molecule has 0 aliphatic heterocycles. The van der Waals surface area contributed by atoms with Gasteiger partial charge in [-0.15, -0.1) is 11.3 Å². The van der Waals surface area contributed by atoms with E-state index in [1.54, 1.807) is 0 Å². The summed E-state index contributed by atoms with van der Waals surface area (Å²) in [6.07, 6.45) is 7.13. The predicted octanol–water partition coefficient (Wildman–Crippen LogP) is 4.96. The fourth-order valence-electron chi connectivity index (χ4n) is 3.24. The molecule has 102 valence electrons. The maximum Gasteiger partial charge on any atom is 0.0346 e. The first-order chi connectivity index (χ1) is 9.34. The fraction of sp³-hybridized carbons (Fsp3) is 0.529. The molecule has 19 heavy (non-hydrogen) atoms. The van der Waals surface area contributed by atoms with E-state index < -0.39 is 0 Å². The lowest BCUT2D eigenvalue weighted by Gasteiger charge is -2.28. The minimum absolute atomic E-state index is 0.652. The van der Waals surface area contributed by atoms with Gasteiger partial charge >= 0.3 is 0 Å². The molecule has 0 radical (unpaired) electrons. The molecule has 3 rings (SSSR count). The zero-order valence-electron chi connectivity index (χ0n) is 11.7. The van der Waals surface area contributed by atoms with Gasteiger partial charge in [0.25, 0.3) is 0 Å². The first-order valence-electron chi connectivity index (χ1n) is 7.53. The monoisotopic (exact) mass is 273 g/mol. The Morgan fingerprint density at radius 2 is 2.00 bits per heavy atom. The van der Waals surface area contributed by atoms with Crippen molar-refractivity contribution in [1.82, 2.24) is 5.32 Å². The second-order valence-electron chi connectivity index (χ2n) is 5.82. The topological polar surface area (TPSA) is 12.0 Å². The van der Waals surface area contributed by atoms with E-state index in [1.165, 1.54) is 47.8 Å². The minimum Gasteiger partial charge on any atom is -0.310 e. The average Bonchev–Trinajstić information content (AvgIpc) is 2.89. The Balaban J connectivity index is 1.62. The van der Waals surface area contributed by atoms with Gasteiger partial charge in [0.1, 0.15) is 0 Å². The highest BCUT2D eigenvalue weighted by atomic mass is 32.1. The van der Waals surface area contributed by atoms with Gasteiger partial charge in [-0.1, -0.05) is 37.5 Å². The van der Waals surface area contributed by atoms with Crippen LogP contribution >= 0.6 is 11.3 Å². The first kappa shape index (κ1) is 13.1. The van der Waals surface area contributed by atoms with Crippen molar-refractivity contribution in [2.24, 2.45) is 5.92 Å². The van der Waals surface area contributed by atoms with Crippen molar-refractivity contribution in [1.29, 1.82) is 0 Å². The molecule has 1 heterocycles. The molecule has 1 saturated carbocycles. The third-order valence-corrected chi connectivity index (χ3v) is 5.54. The molecule has 2 aromatic rings. The Morgan fingerprint density at radius 1 is 1.21 bits per heavy atom. The van der Waals surface area contributed by atoms with E-state index in [0.717, 1.165) is 12.5 Å². The zero-order valence-corrected chi connectivity index (χ0v) is 12.5. The Kier molecular flexibility index (Phi) is 4.19. The first-order valence-corrected chi connectivity index (χ1v) is 8.41. The lowest BCUT2D eigenvalue weighted by Crippen LogP contribution is -2.34. The number of hydrogen-bond acceptors (Lipinski definition) is 2. The molecule has 0 unspecified atom stereocenters. The Labute approximate surface area is 120 Å². The van der Waals surface area contributed by atoms with Crippen LogP contribution in [0.3, 0.4) is 0 Å². The third-order valence-electron chi connectivity index (χ3n) is 4.53. The van der Waals surface area contributed by atoms with E-state index in [2.05, 4.69) is 41.9 Å². The summed E-state index contributed by atoms with van der Waals surface area (Å²) in [5.41, 5.74) is 1.46. The molecule has 0 saturated heterocycles. The molecule has 0 amide bonds. The normalized spacial score (nSPS) is 18.8. The van der Waals surface area contributed by atoms with E-state index >= 15 is 0 Å². The van der Waals surface area contributed by atoms with Crippen molar-refractivity contribution in [3.63, 3.8) is 0 Å². The van der Waals surface area contributed by atoms with Crippen molar-refractivity contribution >= 4 is 21.4 Å². The lowest BCUT2D eigenvalue weighted by molar-refractivity contribution is 0.281. The zero-order chi connectivity index (χ0) is 13.1. The second kappa shape index (κ2) is 6.06. The Hall–Kier alpha value is -0.860. The standard InChI is InChI=1S/C17H23NS/c1-13(14-7-3-2-4-8-14)18-11-15-12-19-17-10-6-5-9-16(15)17/h5-6,9-10,12-14,18H,2-4,7-8,11H2,1H3/t13-/m0/s1. The summed E-state index contributed by atoms with van der Waals surface area (Å²) in [7, 11) is 0. The number of nitrogens with one attached hydrogen (secondary N) is 1. The highest BCUT2D eigenvalue weighted by molar-refractivity contribution is 7.17. The minimum atomic E-state index is 0.652. The van der Waals surface area contributed by atoms with Gasteiger partial charge < -0.3 is 5.32 Å². The van der Waals surface area contributed by atoms with E-state index in [1.807, 2.05) is 11.3 Å². The van der Waals surface area contributed by atoms with E-state index in [-0.39, 0.29) is 0 Å². The van der Waals surface area contributed by atoms with Gasteiger partial charge in [-0.2, -0.15) is 0 Å². The van der Waals surface area contributed by atoms with Crippen LogP contribution in [0, 0.1) is 5.92 Å². The number of thiophene rings is 1. The van der Waals surface area contributed by atoms with Crippen molar-refractivity contribution < 1.29 is 0 Å². The lowest BCUT2D eigenvalue weighted by atomic mass is 9.84. The Bertz CT molecular complexity index is 525. The van der Waals surface area contributed by atoms with Crippen LogP contribution < -0.4 is 5.32 Å². The molecule has 1 atom stereocenters. The molecule has 1 aliphatic rings. The second-order valence-corrected chi connectivity index (χ2v) is 6.74. The molecule has 0 spiro atoms. The summed E-state index contributed by atoms with van der Waals surface area (Å²) >= 11 is 1.86. The smallest absolute Gasteiger partial charge is 0.0346 e. The van der Waals surface area contributed by atoms with Crippen LogP contribution in [-0.2, 0) is 6.54 Å². The average molecular weight is 273 g/mol. The van der Waals surface area contributed by atoms with Crippen molar-refractivity contribution in [3.8, 4) is 0 Å². The summed E-state index contributed by atoms with van der Waals surface area (Å²) in [6.45, 7) is 3.38. The Morgan fingerprint density at radius 3 is 2.84 bits per heavy atom. The molecule has 1 aromatic carbocycles. The van der Waals surface area contributed by atoms with Crippen LogP contribution in [-0.4, -0.2) is 6.04 Å². The van der Waals surface area contributed by atoms with Gasteiger partial charge in [0, 0.05) is 17.3 Å². The molecule has 1 nitrogen and oxygen atoms in total. The van der Waals surface area contributed by atoms with E-state index in [0.29, 0.717) is 6.04 Å². The summed E-state index contributed by atoms with van der Waals surface area (Å²) in [5, 5.41) is 7.49. The molecule has 0 bridgehead atoms. The summed E-state index contributed by atoms with van der Waals surface area (Å²) in [4.78, 5) is 0. The summed E-state index contributed by atoms with van der Waals surface area (Å²) < 4.78 is 1.41. The van der Waals surface area contributed by atoms with Gasteiger partial charge in [-0.25, -0.2) is 0 Å². The van der Waals surface area contributed by atoms with Gasteiger partial charge in [0.05, 0.1) is 0 Å². The maximum absolute atomic E-state index is 3.75. The van der Waals surface area contributed by atoms with Crippen LogP contribution in [0.1, 0.15) is 44.6 Å². The van der Waals surface area contributed by atoms with E-state index in [4.69, 9.17) is 0 Å². The SMILES string of the molecule is C[C@H](NCc1csc2ccccc12)C1CCCCC1. The predicted molar refractivity (Wildman–Crippen MR) is 84.7 cm³/mol. The van der Waals surface area contributed by atoms with Gasteiger partial charge in [-0.3, -0.25) is 0 Å².